The second kappa shape index (κ2) is 5.82. The van der Waals surface area contributed by atoms with Crippen molar-refractivity contribution in [3.63, 3.8) is 0 Å². The predicted octanol–water partition coefficient (Wildman–Crippen LogP) is 2.34. The molecule has 1 unspecified atom stereocenters. The van der Waals surface area contributed by atoms with Gasteiger partial charge in [-0.15, -0.1) is 0 Å². The van der Waals surface area contributed by atoms with Crippen molar-refractivity contribution in [2.45, 2.75) is 25.4 Å². The van der Waals surface area contributed by atoms with Crippen LogP contribution in [-0.4, -0.2) is 41.7 Å². The van der Waals surface area contributed by atoms with Gasteiger partial charge < -0.3 is 9.64 Å². The van der Waals surface area contributed by atoms with Crippen molar-refractivity contribution in [3.8, 4) is 0 Å². The molecule has 0 saturated carbocycles. The summed E-state index contributed by atoms with van der Waals surface area (Å²) in [6.07, 6.45) is 5.14. The lowest BCUT2D eigenvalue weighted by atomic mass is 10.2. The van der Waals surface area contributed by atoms with Crippen LogP contribution in [0.15, 0.2) is 18.3 Å². The summed E-state index contributed by atoms with van der Waals surface area (Å²) in [4.78, 5) is 18.6. The largest absolute Gasteiger partial charge is 0.458 e. The van der Waals surface area contributed by atoms with Crippen molar-refractivity contribution in [2.24, 2.45) is 0 Å². The quantitative estimate of drug-likeness (QED) is 0.794. The highest BCUT2D eigenvalue weighted by molar-refractivity contribution is 7.99. The molecule has 0 N–H and O–H groups in total. The first-order chi connectivity index (χ1) is 9.33. The van der Waals surface area contributed by atoms with Gasteiger partial charge in [-0.3, -0.25) is 0 Å². The highest BCUT2D eigenvalue weighted by Crippen LogP contribution is 2.22. The molecule has 3 rings (SSSR count). The van der Waals surface area contributed by atoms with E-state index in [0.29, 0.717) is 5.56 Å². The molecule has 2 aliphatic rings. The normalized spacial score (nSPS) is 22.7. The summed E-state index contributed by atoms with van der Waals surface area (Å²) in [5, 5.41) is 0. The minimum Gasteiger partial charge on any atom is -0.458 e. The lowest BCUT2D eigenvalue weighted by Crippen LogP contribution is -2.20. The standard InChI is InChI=1S/C14H18N2O2S/c17-14(18-12-5-8-19-10-12)11-3-4-13(15-9-11)16-6-1-2-7-16/h3-4,9,12H,1-2,5-8,10H2. The van der Waals surface area contributed by atoms with Crippen LogP contribution in [0.5, 0.6) is 0 Å². The maximum Gasteiger partial charge on any atom is 0.340 e. The highest BCUT2D eigenvalue weighted by atomic mass is 32.2. The maximum absolute atomic E-state index is 11.9. The van der Waals surface area contributed by atoms with E-state index in [0.717, 1.165) is 36.8 Å². The van der Waals surface area contributed by atoms with Gasteiger partial charge in [-0.25, -0.2) is 9.78 Å². The number of nitrogens with zero attached hydrogens (tertiary/aromatic N) is 2. The van der Waals surface area contributed by atoms with Gasteiger partial charge in [0, 0.05) is 25.0 Å². The van der Waals surface area contributed by atoms with Gasteiger partial charge in [-0.05, 0) is 37.1 Å². The minimum atomic E-state index is -0.243. The molecule has 19 heavy (non-hydrogen) atoms. The Bertz CT molecular complexity index is 437. The average molecular weight is 278 g/mol. The van der Waals surface area contributed by atoms with E-state index in [-0.39, 0.29) is 12.1 Å². The average Bonchev–Trinajstić information content (AvgIpc) is 3.12. The van der Waals surface area contributed by atoms with Gasteiger partial charge in [-0.2, -0.15) is 11.8 Å². The van der Waals surface area contributed by atoms with Crippen LogP contribution in [0, 0.1) is 0 Å². The molecule has 3 heterocycles. The number of hydrogen-bond donors (Lipinski definition) is 0. The third-order valence-electron chi connectivity index (χ3n) is 3.58. The number of carbonyl (C=O) groups is 1. The number of esters is 1. The fourth-order valence-corrected chi connectivity index (χ4v) is 3.56. The Labute approximate surface area is 117 Å². The molecular weight excluding hydrogens is 260 g/mol. The molecule has 0 aromatic carbocycles. The van der Waals surface area contributed by atoms with Crippen LogP contribution in [0.3, 0.4) is 0 Å². The zero-order valence-corrected chi connectivity index (χ0v) is 11.7. The molecule has 0 amide bonds. The van der Waals surface area contributed by atoms with Crippen LogP contribution in [0.25, 0.3) is 0 Å². The predicted molar refractivity (Wildman–Crippen MR) is 76.8 cm³/mol. The van der Waals surface area contributed by atoms with Gasteiger partial charge >= 0.3 is 5.97 Å². The first kappa shape index (κ1) is 12.8. The topological polar surface area (TPSA) is 42.4 Å². The third-order valence-corrected chi connectivity index (χ3v) is 4.71. The number of thioether (sulfide) groups is 1. The van der Waals surface area contributed by atoms with Gasteiger partial charge in [-0.1, -0.05) is 0 Å². The van der Waals surface area contributed by atoms with E-state index < -0.39 is 0 Å². The smallest absolute Gasteiger partial charge is 0.340 e. The van der Waals surface area contributed by atoms with Crippen LogP contribution < -0.4 is 4.90 Å². The fraction of sp³-hybridized carbons (Fsp3) is 0.571. The maximum atomic E-state index is 11.9. The Balaban J connectivity index is 1.62. The number of pyridine rings is 1. The Morgan fingerprint density at radius 3 is 2.84 bits per heavy atom. The molecule has 1 aromatic rings. The molecule has 2 aliphatic heterocycles. The lowest BCUT2D eigenvalue weighted by Gasteiger charge is -2.16. The summed E-state index contributed by atoms with van der Waals surface area (Å²) in [5.74, 6) is 2.73. The van der Waals surface area contributed by atoms with E-state index in [2.05, 4.69) is 9.88 Å². The third kappa shape index (κ3) is 3.03. The van der Waals surface area contributed by atoms with E-state index in [9.17, 15) is 4.79 Å². The zero-order valence-electron chi connectivity index (χ0n) is 10.9. The second-order valence-corrected chi connectivity index (χ2v) is 6.14. The lowest BCUT2D eigenvalue weighted by molar-refractivity contribution is 0.0356. The molecule has 0 spiro atoms. The Morgan fingerprint density at radius 1 is 1.37 bits per heavy atom. The SMILES string of the molecule is O=C(OC1CCSC1)c1ccc(N2CCCC2)nc1. The van der Waals surface area contributed by atoms with E-state index >= 15 is 0 Å². The van der Waals surface area contributed by atoms with Crippen LogP contribution in [-0.2, 0) is 4.74 Å². The fourth-order valence-electron chi connectivity index (χ4n) is 2.47. The first-order valence-electron chi connectivity index (χ1n) is 6.83. The second-order valence-electron chi connectivity index (χ2n) is 4.99. The number of carbonyl (C=O) groups excluding carboxylic acids is 1. The molecule has 4 nitrogen and oxygen atoms in total. The minimum absolute atomic E-state index is 0.0794. The van der Waals surface area contributed by atoms with E-state index in [1.54, 1.807) is 6.20 Å². The number of hydrogen-bond acceptors (Lipinski definition) is 5. The Kier molecular flexibility index (Phi) is 3.92. The summed E-state index contributed by atoms with van der Waals surface area (Å²) < 4.78 is 5.45. The van der Waals surface area contributed by atoms with Gasteiger partial charge in [0.15, 0.2) is 0 Å². The summed E-state index contributed by atoms with van der Waals surface area (Å²) >= 11 is 1.84. The summed E-state index contributed by atoms with van der Waals surface area (Å²) in [6.45, 7) is 2.13. The van der Waals surface area contributed by atoms with Crippen molar-refractivity contribution in [3.05, 3.63) is 23.9 Å². The molecule has 0 radical (unpaired) electrons. The molecule has 1 atom stereocenters. The Morgan fingerprint density at radius 2 is 2.21 bits per heavy atom. The van der Waals surface area contributed by atoms with Crippen molar-refractivity contribution in [2.75, 3.05) is 29.5 Å². The van der Waals surface area contributed by atoms with Crippen molar-refractivity contribution < 1.29 is 9.53 Å². The van der Waals surface area contributed by atoms with Crippen molar-refractivity contribution in [1.82, 2.24) is 4.98 Å². The zero-order chi connectivity index (χ0) is 13.1. The van der Waals surface area contributed by atoms with Crippen LogP contribution in [0.2, 0.25) is 0 Å². The summed E-state index contributed by atoms with van der Waals surface area (Å²) in [5.41, 5.74) is 0.555. The number of anilines is 1. The Hall–Kier alpha value is -1.23. The molecule has 5 heteroatoms. The van der Waals surface area contributed by atoms with E-state index in [1.165, 1.54) is 12.8 Å². The highest BCUT2D eigenvalue weighted by Gasteiger charge is 2.21. The van der Waals surface area contributed by atoms with E-state index in [4.69, 9.17) is 4.74 Å². The monoisotopic (exact) mass is 278 g/mol. The molecule has 1 aromatic heterocycles. The summed E-state index contributed by atoms with van der Waals surface area (Å²) in [7, 11) is 0. The van der Waals surface area contributed by atoms with Gasteiger partial charge in [0.25, 0.3) is 0 Å². The molecule has 2 saturated heterocycles. The molecule has 0 bridgehead atoms. The molecule has 102 valence electrons. The van der Waals surface area contributed by atoms with Gasteiger partial charge in [0.05, 0.1) is 5.56 Å². The van der Waals surface area contributed by atoms with Gasteiger partial charge in [0.2, 0.25) is 0 Å². The van der Waals surface area contributed by atoms with Gasteiger partial charge in [0.1, 0.15) is 11.9 Å². The molecule has 0 aliphatic carbocycles. The number of ether oxygens (including phenoxy) is 1. The molecular formula is C14H18N2O2S. The van der Waals surface area contributed by atoms with Crippen LogP contribution >= 0.6 is 11.8 Å². The van der Waals surface area contributed by atoms with Crippen LogP contribution in [0.1, 0.15) is 29.6 Å². The van der Waals surface area contributed by atoms with Crippen molar-refractivity contribution >= 4 is 23.5 Å². The number of aromatic nitrogens is 1. The van der Waals surface area contributed by atoms with Crippen LogP contribution in [0.4, 0.5) is 5.82 Å². The van der Waals surface area contributed by atoms with E-state index in [1.807, 2.05) is 23.9 Å². The van der Waals surface area contributed by atoms with Crippen molar-refractivity contribution in [1.29, 1.82) is 0 Å². The number of rotatable bonds is 3. The summed E-state index contributed by atoms with van der Waals surface area (Å²) in [6, 6.07) is 3.75. The first-order valence-corrected chi connectivity index (χ1v) is 7.98. The molecule has 2 fully saturated rings.